The van der Waals surface area contributed by atoms with Crippen LogP contribution in [0.3, 0.4) is 0 Å². The summed E-state index contributed by atoms with van der Waals surface area (Å²) in [5.74, 6) is 0.286. The number of nitrogens with one attached hydrogen (secondary N) is 2. The average molecular weight is 288 g/mol. The highest BCUT2D eigenvalue weighted by molar-refractivity contribution is 5.93. The normalized spacial score (nSPS) is 11.7. The van der Waals surface area contributed by atoms with Gasteiger partial charge < -0.3 is 20.1 Å². The van der Waals surface area contributed by atoms with E-state index in [4.69, 9.17) is 4.74 Å². The molecular formula is C15H16N2O4. The van der Waals surface area contributed by atoms with Gasteiger partial charge in [-0.15, -0.1) is 0 Å². The van der Waals surface area contributed by atoms with E-state index in [2.05, 4.69) is 10.3 Å². The number of hydrogen-bond acceptors (Lipinski definition) is 4. The number of ether oxygens (including phenoxy) is 1. The van der Waals surface area contributed by atoms with Gasteiger partial charge >= 0.3 is 0 Å². The molecule has 3 N–H and O–H groups in total. The highest BCUT2D eigenvalue weighted by Crippen LogP contribution is 2.08. The van der Waals surface area contributed by atoms with Crippen molar-refractivity contribution in [3.05, 3.63) is 64.6 Å². The fourth-order valence-electron chi connectivity index (χ4n) is 1.63. The molecule has 6 nitrogen and oxygen atoms in total. The number of aliphatic hydroxyl groups is 1. The Morgan fingerprint density at radius 1 is 1.24 bits per heavy atom. The van der Waals surface area contributed by atoms with Crippen molar-refractivity contribution in [2.24, 2.45) is 0 Å². The Kier molecular flexibility index (Phi) is 5.11. The first-order valence-electron chi connectivity index (χ1n) is 6.48. The third-order valence-electron chi connectivity index (χ3n) is 2.73. The number of carbonyl (C=O) groups is 1. The van der Waals surface area contributed by atoms with E-state index < -0.39 is 6.10 Å². The minimum Gasteiger partial charge on any atom is -0.491 e. The van der Waals surface area contributed by atoms with Crippen molar-refractivity contribution in [1.82, 2.24) is 10.3 Å². The van der Waals surface area contributed by atoms with Crippen LogP contribution in [0.2, 0.25) is 0 Å². The molecule has 1 amide bonds. The number of carbonyl (C=O) groups excluding carboxylic acids is 1. The molecule has 2 aromatic rings. The molecule has 0 saturated heterocycles. The number of H-pyrrole nitrogens is 1. The van der Waals surface area contributed by atoms with Crippen molar-refractivity contribution in [3.8, 4) is 5.75 Å². The molecule has 0 aliphatic rings. The van der Waals surface area contributed by atoms with E-state index in [1.165, 1.54) is 18.3 Å². The molecule has 1 atom stereocenters. The Morgan fingerprint density at radius 3 is 2.67 bits per heavy atom. The number of aromatic nitrogens is 1. The van der Waals surface area contributed by atoms with Crippen LogP contribution in [0.1, 0.15) is 10.4 Å². The van der Waals surface area contributed by atoms with Gasteiger partial charge in [-0.1, -0.05) is 18.2 Å². The van der Waals surface area contributed by atoms with E-state index in [9.17, 15) is 14.7 Å². The standard InChI is InChI=1S/C15H16N2O4/c18-12(10-21-13-4-2-1-3-5-13)9-17-15(20)11-6-7-14(19)16-8-11/h1-8,12,18H,9-10H2,(H,16,19)(H,17,20). The second-order valence-corrected chi connectivity index (χ2v) is 4.43. The largest absolute Gasteiger partial charge is 0.491 e. The fourth-order valence-corrected chi connectivity index (χ4v) is 1.63. The molecule has 110 valence electrons. The summed E-state index contributed by atoms with van der Waals surface area (Å²) < 4.78 is 5.37. The summed E-state index contributed by atoms with van der Waals surface area (Å²) in [5.41, 5.74) is 0.0497. The number of benzene rings is 1. The second kappa shape index (κ2) is 7.25. The Bertz CT molecular complexity index is 619. The first-order chi connectivity index (χ1) is 10.1. The molecule has 0 fully saturated rings. The van der Waals surface area contributed by atoms with Gasteiger partial charge in [0.05, 0.1) is 5.56 Å². The number of hydrogen-bond donors (Lipinski definition) is 3. The summed E-state index contributed by atoms with van der Waals surface area (Å²) in [7, 11) is 0. The van der Waals surface area contributed by atoms with Gasteiger partial charge in [0.2, 0.25) is 5.56 Å². The molecule has 1 aromatic carbocycles. The number of amides is 1. The lowest BCUT2D eigenvalue weighted by Crippen LogP contribution is -2.35. The van der Waals surface area contributed by atoms with Crippen LogP contribution in [0, 0.1) is 0 Å². The van der Waals surface area contributed by atoms with Gasteiger partial charge in [-0.05, 0) is 18.2 Å². The Labute approximate surface area is 121 Å². The number of aliphatic hydroxyl groups excluding tert-OH is 1. The van der Waals surface area contributed by atoms with Crippen LogP contribution in [0.4, 0.5) is 0 Å². The molecule has 0 radical (unpaired) electrons. The predicted molar refractivity (Wildman–Crippen MR) is 77.3 cm³/mol. The SMILES string of the molecule is O=C(NCC(O)COc1ccccc1)c1ccc(=O)[nH]c1. The topological polar surface area (TPSA) is 91.4 Å². The lowest BCUT2D eigenvalue weighted by molar-refractivity contribution is 0.0843. The molecule has 1 heterocycles. The highest BCUT2D eigenvalue weighted by Gasteiger charge is 2.09. The number of pyridine rings is 1. The lowest BCUT2D eigenvalue weighted by Gasteiger charge is -2.13. The zero-order valence-corrected chi connectivity index (χ0v) is 11.3. The quantitative estimate of drug-likeness (QED) is 0.723. The van der Waals surface area contributed by atoms with Crippen molar-refractivity contribution in [1.29, 1.82) is 0 Å². The van der Waals surface area contributed by atoms with E-state index >= 15 is 0 Å². The van der Waals surface area contributed by atoms with E-state index in [1.54, 1.807) is 12.1 Å². The average Bonchev–Trinajstić information content (AvgIpc) is 2.52. The Morgan fingerprint density at radius 2 is 2.00 bits per heavy atom. The van der Waals surface area contributed by atoms with E-state index in [-0.39, 0.29) is 24.6 Å². The number of para-hydroxylation sites is 1. The summed E-state index contributed by atoms with van der Waals surface area (Å²) in [5, 5.41) is 12.3. The van der Waals surface area contributed by atoms with Gasteiger partial charge in [0.25, 0.3) is 5.91 Å². The van der Waals surface area contributed by atoms with Gasteiger partial charge in [0.15, 0.2) is 0 Å². The molecule has 6 heteroatoms. The molecule has 1 unspecified atom stereocenters. The lowest BCUT2D eigenvalue weighted by atomic mass is 10.2. The first-order valence-corrected chi connectivity index (χ1v) is 6.48. The van der Waals surface area contributed by atoms with Crippen LogP contribution >= 0.6 is 0 Å². The smallest absolute Gasteiger partial charge is 0.252 e. The first kappa shape index (κ1) is 14.8. The molecule has 1 aromatic heterocycles. The van der Waals surface area contributed by atoms with E-state index in [0.29, 0.717) is 11.3 Å². The zero-order valence-electron chi connectivity index (χ0n) is 11.3. The summed E-state index contributed by atoms with van der Waals surface area (Å²) in [4.78, 5) is 25.0. The van der Waals surface area contributed by atoms with Crippen molar-refractivity contribution in [3.63, 3.8) is 0 Å². The molecule has 21 heavy (non-hydrogen) atoms. The third kappa shape index (κ3) is 4.77. The molecule has 0 saturated carbocycles. The highest BCUT2D eigenvalue weighted by atomic mass is 16.5. The summed E-state index contributed by atoms with van der Waals surface area (Å²) in [6, 6.07) is 11.8. The van der Waals surface area contributed by atoms with Crippen molar-refractivity contribution < 1.29 is 14.6 Å². The number of aromatic amines is 1. The molecule has 0 aliphatic heterocycles. The minimum atomic E-state index is -0.822. The molecule has 0 aliphatic carbocycles. The molecule has 0 spiro atoms. The van der Waals surface area contributed by atoms with Gasteiger partial charge in [0.1, 0.15) is 18.5 Å². The van der Waals surface area contributed by atoms with E-state index in [0.717, 1.165) is 0 Å². The van der Waals surface area contributed by atoms with Gasteiger partial charge in [0, 0.05) is 18.8 Å². The second-order valence-electron chi connectivity index (χ2n) is 4.43. The maximum absolute atomic E-state index is 11.7. The number of rotatable bonds is 6. The Balaban J connectivity index is 1.76. The maximum atomic E-state index is 11.7. The van der Waals surface area contributed by atoms with Crippen LogP contribution in [-0.2, 0) is 0 Å². The van der Waals surface area contributed by atoms with Crippen molar-refractivity contribution in [2.75, 3.05) is 13.2 Å². The zero-order chi connectivity index (χ0) is 15.1. The van der Waals surface area contributed by atoms with Crippen molar-refractivity contribution in [2.45, 2.75) is 6.10 Å². The van der Waals surface area contributed by atoms with E-state index in [1.807, 2.05) is 18.2 Å². The fraction of sp³-hybridized carbons (Fsp3) is 0.200. The minimum absolute atomic E-state index is 0.0603. The Hall–Kier alpha value is -2.60. The van der Waals surface area contributed by atoms with Crippen LogP contribution in [-0.4, -0.2) is 35.3 Å². The molecular weight excluding hydrogens is 272 g/mol. The van der Waals surface area contributed by atoms with Crippen LogP contribution in [0.25, 0.3) is 0 Å². The maximum Gasteiger partial charge on any atom is 0.252 e. The van der Waals surface area contributed by atoms with Crippen LogP contribution in [0.5, 0.6) is 5.75 Å². The summed E-state index contributed by atoms with van der Waals surface area (Å²) in [6.45, 7) is 0.140. The van der Waals surface area contributed by atoms with Crippen LogP contribution in [0.15, 0.2) is 53.5 Å². The molecule has 0 bridgehead atoms. The van der Waals surface area contributed by atoms with Gasteiger partial charge in [-0.3, -0.25) is 9.59 Å². The monoisotopic (exact) mass is 288 g/mol. The third-order valence-corrected chi connectivity index (χ3v) is 2.73. The van der Waals surface area contributed by atoms with Crippen molar-refractivity contribution >= 4 is 5.91 Å². The van der Waals surface area contributed by atoms with Gasteiger partial charge in [-0.2, -0.15) is 0 Å². The summed E-state index contributed by atoms with van der Waals surface area (Å²) >= 11 is 0. The summed E-state index contributed by atoms with van der Waals surface area (Å²) in [6.07, 6.45) is 0.502. The van der Waals surface area contributed by atoms with Gasteiger partial charge in [-0.25, -0.2) is 0 Å². The molecule has 2 rings (SSSR count). The predicted octanol–water partition coefficient (Wildman–Crippen LogP) is 0.545. The van der Waals surface area contributed by atoms with Crippen LogP contribution < -0.4 is 15.6 Å².